The third kappa shape index (κ3) is 2.42. The molecule has 0 radical (unpaired) electrons. The molecule has 19 heavy (non-hydrogen) atoms. The Labute approximate surface area is 112 Å². The van der Waals surface area contributed by atoms with Crippen LogP contribution in [0, 0.1) is 0 Å². The minimum Gasteiger partial charge on any atom is -0.497 e. The fraction of sp³-hybridized carbons (Fsp3) is 0.200. The molecule has 0 heterocycles. The quantitative estimate of drug-likeness (QED) is 0.858. The number of ether oxygens (including phenoxy) is 3. The van der Waals surface area contributed by atoms with Crippen LogP contribution in [-0.4, -0.2) is 21.3 Å². The van der Waals surface area contributed by atoms with Crippen LogP contribution in [0.2, 0.25) is 0 Å². The maximum Gasteiger partial charge on any atom is 0.132 e. The normalized spacial score (nSPS) is 10.1. The second kappa shape index (κ2) is 5.52. The lowest BCUT2D eigenvalue weighted by molar-refractivity contribution is 0.394. The zero-order chi connectivity index (χ0) is 13.8. The van der Waals surface area contributed by atoms with Gasteiger partial charge in [-0.25, -0.2) is 0 Å². The maximum atomic E-state index is 6.11. The van der Waals surface area contributed by atoms with Crippen LogP contribution in [-0.2, 0) is 0 Å². The minimum absolute atomic E-state index is 0.584. The first kappa shape index (κ1) is 13.1. The van der Waals surface area contributed by atoms with Gasteiger partial charge in [-0.2, -0.15) is 0 Å². The van der Waals surface area contributed by atoms with Gasteiger partial charge in [0.25, 0.3) is 0 Å². The molecule has 0 atom stereocenters. The Morgan fingerprint density at radius 1 is 0.842 bits per heavy atom. The second-order valence-electron chi connectivity index (χ2n) is 3.99. The van der Waals surface area contributed by atoms with Crippen molar-refractivity contribution in [1.82, 2.24) is 0 Å². The van der Waals surface area contributed by atoms with Gasteiger partial charge in [-0.1, -0.05) is 18.2 Å². The Balaban J connectivity index is 2.67. The minimum atomic E-state index is 0.584. The summed E-state index contributed by atoms with van der Waals surface area (Å²) in [5.41, 5.74) is 8.39. The van der Waals surface area contributed by atoms with Crippen LogP contribution in [0.4, 0.5) is 5.69 Å². The lowest BCUT2D eigenvalue weighted by Crippen LogP contribution is -1.98. The Hall–Kier alpha value is -2.36. The first-order chi connectivity index (χ1) is 9.21. The van der Waals surface area contributed by atoms with Gasteiger partial charge in [0.2, 0.25) is 0 Å². The van der Waals surface area contributed by atoms with Crippen molar-refractivity contribution >= 4 is 5.69 Å². The zero-order valence-corrected chi connectivity index (χ0v) is 11.3. The van der Waals surface area contributed by atoms with Crippen LogP contribution in [0.1, 0.15) is 0 Å². The summed E-state index contributed by atoms with van der Waals surface area (Å²) in [5, 5.41) is 0. The predicted molar refractivity (Wildman–Crippen MR) is 75.9 cm³/mol. The Kier molecular flexibility index (Phi) is 3.80. The summed E-state index contributed by atoms with van der Waals surface area (Å²) in [4.78, 5) is 0. The number of hydrogen-bond acceptors (Lipinski definition) is 4. The molecule has 0 saturated heterocycles. The number of nitrogens with two attached hydrogens (primary N) is 1. The van der Waals surface area contributed by atoms with Gasteiger partial charge in [-0.05, 0) is 6.07 Å². The van der Waals surface area contributed by atoms with Crippen molar-refractivity contribution in [3.63, 3.8) is 0 Å². The van der Waals surface area contributed by atoms with Gasteiger partial charge in [-0.3, -0.25) is 0 Å². The Bertz CT molecular complexity index is 582. The van der Waals surface area contributed by atoms with Gasteiger partial charge in [0.1, 0.15) is 17.2 Å². The van der Waals surface area contributed by atoms with Gasteiger partial charge in [0.05, 0.1) is 26.9 Å². The fourth-order valence-corrected chi connectivity index (χ4v) is 2.03. The third-order valence-corrected chi connectivity index (χ3v) is 2.94. The van der Waals surface area contributed by atoms with Crippen LogP contribution in [0.3, 0.4) is 0 Å². The number of rotatable bonds is 4. The molecule has 4 heteroatoms. The summed E-state index contributed by atoms with van der Waals surface area (Å²) in [6, 6.07) is 11.2. The van der Waals surface area contributed by atoms with Crippen molar-refractivity contribution in [2.75, 3.05) is 27.1 Å². The summed E-state index contributed by atoms with van der Waals surface area (Å²) in [6.45, 7) is 0. The van der Waals surface area contributed by atoms with E-state index in [0.29, 0.717) is 17.2 Å². The lowest BCUT2D eigenvalue weighted by Gasteiger charge is -2.15. The number of nitrogen functional groups attached to an aromatic ring is 1. The molecule has 0 aliphatic rings. The predicted octanol–water partition coefficient (Wildman–Crippen LogP) is 2.96. The van der Waals surface area contributed by atoms with E-state index in [2.05, 4.69) is 0 Å². The van der Waals surface area contributed by atoms with Crippen LogP contribution in [0.25, 0.3) is 11.1 Å². The lowest BCUT2D eigenvalue weighted by atomic mass is 10.0. The van der Waals surface area contributed by atoms with Gasteiger partial charge in [0, 0.05) is 23.4 Å². The van der Waals surface area contributed by atoms with Crippen molar-refractivity contribution < 1.29 is 14.2 Å². The molecule has 0 aliphatic heterocycles. The molecule has 4 nitrogen and oxygen atoms in total. The highest BCUT2D eigenvalue weighted by atomic mass is 16.5. The van der Waals surface area contributed by atoms with E-state index in [1.807, 2.05) is 24.3 Å². The number of para-hydroxylation sites is 1. The highest BCUT2D eigenvalue weighted by Crippen LogP contribution is 2.42. The number of methoxy groups -OCH3 is 3. The van der Waals surface area contributed by atoms with Crippen molar-refractivity contribution in [3.05, 3.63) is 36.4 Å². The molecule has 0 aliphatic carbocycles. The molecule has 2 rings (SSSR count). The van der Waals surface area contributed by atoms with Gasteiger partial charge < -0.3 is 19.9 Å². The standard InChI is InChI=1S/C15H17NO3/c1-17-10-8-12(16)15(14(9-10)19-3)11-6-4-5-7-13(11)18-2/h4-9H,16H2,1-3H3. The zero-order valence-electron chi connectivity index (χ0n) is 11.3. The molecule has 0 fully saturated rings. The summed E-state index contributed by atoms with van der Waals surface area (Å²) >= 11 is 0. The summed E-state index contributed by atoms with van der Waals surface area (Å²) in [5.74, 6) is 2.06. The van der Waals surface area contributed by atoms with E-state index in [1.54, 1.807) is 33.5 Å². The largest absolute Gasteiger partial charge is 0.497 e. The monoisotopic (exact) mass is 259 g/mol. The molecule has 0 amide bonds. The van der Waals surface area contributed by atoms with Gasteiger partial charge >= 0.3 is 0 Å². The van der Waals surface area contributed by atoms with E-state index in [-0.39, 0.29) is 0 Å². The molecule has 2 aromatic carbocycles. The van der Waals surface area contributed by atoms with Crippen LogP contribution in [0.15, 0.2) is 36.4 Å². The summed E-state index contributed by atoms with van der Waals surface area (Å²) in [6.07, 6.45) is 0. The van der Waals surface area contributed by atoms with Gasteiger partial charge in [0.15, 0.2) is 0 Å². The van der Waals surface area contributed by atoms with Crippen molar-refractivity contribution in [1.29, 1.82) is 0 Å². The first-order valence-corrected chi connectivity index (χ1v) is 5.86. The van der Waals surface area contributed by atoms with E-state index in [1.165, 1.54) is 0 Å². The van der Waals surface area contributed by atoms with Crippen molar-refractivity contribution in [3.8, 4) is 28.4 Å². The highest BCUT2D eigenvalue weighted by Gasteiger charge is 2.15. The number of benzene rings is 2. The van der Waals surface area contributed by atoms with Crippen LogP contribution >= 0.6 is 0 Å². The smallest absolute Gasteiger partial charge is 0.132 e. The average molecular weight is 259 g/mol. The SMILES string of the molecule is COc1cc(N)c(-c2ccccc2OC)c(OC)c1. The summed E-state index contributed by atoms with van der Waals surface area (Å²) in [7, 11) is 4.83. The van der Waals surface area contributed by atoms with E-state index in [9.17, 15) is 0 Å². The second-order valence-corrected chi connectivity index (χ2v) is 3.99. The number of hydrogen-bond donors (Lipinski definition) is 1. The topological polar surface area (TPSA) is 53.7 Å². The molecule has 0 unspecified atom stereocenters. The van der Waals surface area contributed by atoms with Crippen molar-refractivity contribution in [2.45, 2.75) is 0 Å². The molecule has 100 valence electrons. The van der Waals surface area contributed by atoms with E-state index in [4.69, 9.17) is 19.9 Å². The molecule has 2 aromatic rings. The van der Waals surface area contributed by atoms with E-state index < -0.39 is 0 Å². The van der Waals surface area contributed by atoms with Crippen LogP contribution < -0.4 is 19.9 Å². The van der Waals surface area contributed by atoms with E-state index >= 15 is 0 Å². The van der Waals surface area contributed by atoms with Crippen LogP contribution in [0.5, 0.6) is 17.2 Å². The first-order valence-electron chi connectivity index (χ1n) is 5.86. The average Bonchev–Trinajstić information content (AvgIpc) is 2.46. The molecular formula is C15H17NO3. The molecule has 0 spiro atoms. The number of anilines is 1. The maximum absolute atomic E-state index is 6.11. The van der Waals surface area contributed by atoms with E-state index in [0.717, 1.165) is 16.9 Å². The molecule has 2 N–H and O–H groups in total. The fourth-order valence-electron chi connectivity index (χ4n) is 2.03. The summed E-state index contributed by atoms with van der Waals surface area (Å²) < 4.78 is 16.0. The molecule has 0 aromatic heterocycles. The molecule has 0 bridgehead atoms. The third-order valence-electron chi connectivity index (χ3n) is 2.94. The molecule has 0 saturated carbocycles. The van der Waals surface area contributed by atoms with Crippen molar-refractivity contribution in [2.24, 2.45) is 0 Å². The Morgan fingerprint density at radius 2 is 1.53 bits per heavy atom. The Morgan fingerprint density at radius 3 is 2.16 bits per heavy atom. The molecular weight excluding hydrogens is 242 g/mol. The van der Waals surface area contributed by atoms with Gasteiger partial charge in [-0.15, -0.1) is 0 Å². The highest BCUT2D eigenvalue weighted by molar-refractivity contribution is 5.86.